The first-order valence-electron chi connectivity index (χ1n) is 9.42. The molecule has 6 heteroatoms. The quantitative estimate of drug-likeness (QED) is 0.670. The van der Waals surface area contributed by atoms with Gasteiger partial charge in [0.15, 0.2) is 0 Å². The summed E-state index contributed by atoms with van der Waals surface area (Å²) in [6.45, 7) is 10.1. The van der Waals surface area contributed by atoms with Crippen molar-refractivity contribution in [3.05, 3.63) is 59.7 Å². The maximum atomic E-state index is 12.5. The van der Waals surface area contributed by atoms with E-state index in [0.717, 1.165) is 17.9 Å². The summed E-state index contributed by atoms with van der Waals surface area (Å²) in [4.78, 5) is 0.343. The monoisotopic (exact) mass is 390 g/mol. The molecule has 0 aliphatic rings. The summed E-state index contributed by atoms with van der Waals surface area (Å²) in [6, 6.07) is 15.1. The molecule has 0 unspecified atom stereocenters. The first-order valence-corrected chi connectivity index (χ1v) is 10.9. The lowest BCUT2D eigenvalue weighted by molar-refractivity contribution is 0.242. The predicted molar refractivity (Wildman–Crippen MR) is 109 cm³/mol. The van der Waals surface area contributed by atoms with Gasteiger partial charge in [-0.3, -0.25) is 0 Å². The van der Waals surface area contributed by atoms with E-state index < -0.39 is 10.0 Å². The second-order valence-electron chi connectivity index (χ2n) is 6.65. The Morgan fingerprint density at radius 1 is 0.889 bits per heavy atom. The molecule has 2 aromatic carbocycles. The Labute approximate surface area is 163 Å². The molecule has 0 radical (unpaired) electrons. The van der Waals surface area contributed by atoms with Gasteiger partial charge in [0.2, 0.25) is 10.0 Å². The summed E-state index contributed by atoms with van der Waals surface area (Å²) < 4.78 is 32.1. The summed E-state index contributed by atoms with van der Waals surface area (Å²) in [6.07, 6.45) is 0.169. The van der Waals surface area contributed by atoms with Gasteiger partial charge in [-0.1, -0.05) is 38.1 Å². The van der Waals surface area contributed by atoms with Gasteiger partial charge < -0.3 is 10.1 Å². The maximum Gasteiger partial charge on any atom is 0.243 e. The van der Waals surface area contributed by atoms with Gasteiger partial charge in [0.1, 0.15) is 5.75 Å². The van der Waals surface area contributed by atoms with E-state index >= 15 is 0 Å². The average Bonchev–Trinajstić information content (AvgIpc) is 2.64. The minimum Gasteiger partial charge on any atom is -0.491 e. The first-order chi connectivity index (χ1) is 12.9. The lowest BCUT2D eigenvalue weighted by atomic mass is 10.2. The fourth-order valence-corrected chi connectivity index (χ4v) is 4.26. The average molecular weight is 391 g/mol. The van der Waals surface area contributed by atoms with Crippen LogP contribution >= 0.6 is 0 Å². The SMILES string of the molecule is CCN(CC)S(=O)(=O)c1ccc(CNCc2ccc(OC(C)C)cc2)cc1. The van der Waals surface area contributed by atoms with Crippen LogP contribution in [0.1, 0.15) is 38.8 Å². The third kappa shape index (κ3) is 6.06. The van der Waals surface area contributed by atoms with Crippen LogP contribution in [0.4, 0.5) is 0 Å². The van der Waals surface area contributed by atoms with Crippen LogP contribution in [0.2, 0.25) is 0 Å². The molecule has 1 N–H and O–H groups in total. The van der Waals surface area contributed by atoms with Crippen molar-refractivity contribution in [2.45, 2.75) is 51.8 Å². The van der Waals surface area contributed by atoms with Crippen LogP contribution in [0.3, 0.4) is 0 Å². The Balaban J connectivity index is 1.90. The summed E-state index contributed by atoms with van der Waals surface area (Å²) in [5.41, 5.74) is 2.22. The fourth-order valence-electron chi connectivity index (χ4n) is 2.80. The van der Waals surface area contributed by atoms with Gasteiger partial charge in [-0.15, -0.1) is 0 Å². The summed E-state index contributed by atoms with van der Waals surface area (Å²) >= 11 is 0. The zero-order valence-electron chi connectivity index (χ0n) is 16.6. The molecule has 0 atom stereocenters. The lowest BCUT2D eigenvalue weighted by Crippen LogP contribution is -2.30. The van der Waals surface area contributed by atoms with Gasteiger partial charge in [-0.2, -0.15) is 4.31 Å². The molecular formula is C21H30N2O3S. The van der Waals surface area contributed by atoms with Gasteiger partial charge >= 0.3 is 0 Å². The Morgan fingerprint density at radius 3 is 1.81 bits per heavy atom. The van der Waals surface area contributed by atoms with Crippen molar-refractivity contribution in [3.8, 4) is 5.75 Å². The van der Waals surface area contributed by atoms with Crippen LogP contribution in [0.5, 0.6) is 5.75 Å². The fraction of sp³-hybridized carbons (Fsp3) is 0.429. The minimum absolute atomic E-state index is 0.169. The van der Waals surface area contributed by atoms with Crippen LogP contribution in [0, 0.1) is 0 Å². The smallest absolute Gasteiger partial charge is 0.243 e. The minimum atomic E-state index is -3.39. The number of rotatable bonds is 10. The molecule has 0 aliphatic heterocycles. The molecule has 0 aliphatic carbocycles. The van der Waals surface area contributed by atoms with E-state index in [1.807, 2.05) is 64.1 Å². The highest BCUT2D eigenvalue weighted by Gasteiger charge is 2.20. The van der Waals surface area contributed by atoms with Crippen LogP contribution in [0.25, 0.3) is 0 Å². The Kier molecular flexibility index (Phi) is 7.83. The lowest BCUT2D eigenvalue weighted by Gasteiger charge is -2.18. The van der Waals surface area contributed by atoms with Gasteiger partial charge in [0, 0.05) is 26.2 Å². The van der Waals surface area contributed by atoms with Gasteiger partial charge in [0.05, 0.1) is 11.0 Å². The van der Waals surface area contributed by atoms with Crippen LogP contribution in [0.15, 0.2) is 53.4 Å². The highest BCUT2D eigenvalue weighted by molar-refractivity contribution is 7.89. The van der Waals surface area contributed by atoms with E-state index in [2.05, 4.69) is 5.32 Å². The molecule has 0 saturated carbocycles. The maximum absolute atomic E-state index is 12.5. The molecule has 5 nitrogen and oxygen atoms in total. The topological polar surface area (TPSA) is 58.6 Å². The molecule has 0 fully saturated rings. The molecule has 0 saturated heterocycles. The Hall–Kier alpha value is -1.89. The van der Waals surface area contributed by atoms with Crippen molar-refractivity contribution in [3.63, 3.8) is 0 Å². The summed E-state index contributed by atoms with van der Waals surface area (Å²) in [5, 5.41) is 3.38. The summed E-state index contributed by atoms with van der Waals surface area (Å²) in [7, 11) is -3.39. The van der Waals surface area contributed by atoms with E-state index in [9.17, 15) is 8.42 Å². The molecule has 2 aromatic rings. The predicted octanol–water partition coefficient (Wildman–Crippen LogP) is 3.79. The molecular weight excluding hydrogens is 360 g/mol. The number of nitrogens with one attached hydrogen (secondary N) is 1. The van der Waals surface area contributed by atoms with E-state index in [1.54, 1.807) is 12.1 Å². The van der Waals surface area contributed by atoms with Gasteiger partial charge in [0.25, 0.3) is 0 Å². The second-order valence-corrected chi connectivity index (χ2v) is 8.59. The number of sulfonamides is 1. The highest BCUT2D eigenvalue weighted by Crippen LogP contribution is 2.17. The van der Waals surface area contributed by atoms with Crippen molar-refractivity contribution in [2.24, 2.45) is 0 Å². The highest BCUT2D eigenvalue weighted by atomic mass is 32.2. The van der Waals surface area contributed by atoms with Crippen molar-refractivity contribution < 1.29 is 13.2 Å². The zero-order chi connectivity index (χ0) is 19.9. The number of nitrogens with zero attached hydrogens (tertiary/aromatic N) is 1. The summed E-state index contributed by atoms with van der Waals surface area (Å²) in [5.74, 6) is 0.874. The third-order valence-corrected chi connectivity index (χ3v) is 6.28. The third-order valence-electron chi connectivity index (χ3n) is 4.22. The number of ether oxygens (including phenoxy) is 1. The standard InChI is InChI=1S/C21H30N2O3S/c1-5-23(6-2)27(24,25)21-13-9-19(10-14-21)16-22-15-18-7-11-20(12-8-18)26-17(3)4/h7-14,17,22H,5-6,15-16H2,1-4H3. The normalized spacial score (nSPS) is 11.9. The van der Waals surface area contributed by atoms with Crippen LogP contribution in [-0.4, -0.2) is 31.9 Å². The van der Waals surface area contributed by atoms with E-state index in [-0.39, 0.29) is 6.10 Å². The van der Waals surface area contributed by atoms with Crippen molar-refractivity contribution in [1.82, 2.24) is 9.62 Å². The van der Waals surface area contributed by atoms with E-state index in [1.165, 1.54) is 9.87 Å². The second kappa shape index (κ2) is 9.88. The number of hydrogen-bond donors (Lipinski definition) is 1. The van der Waals surface area contributed by atoms with Crippen molar-refractivity contribution >= 4 is 10.0 Å². The molecule has 0 spiro atoms. The number of hydrogen-bond acceptors (Lipinski definition) is 4. The van der Waals surface area contributed by atoms with Gasteiger partial charge in [-0.05, 0) is 49.2 Å². The van der Waals surface area contributed by atoms with Crippen LogP contribution in [-0.2, 0) is 23.1 Å². The number of benzene rings is 2. The van der Waals surface area contributed by atoms with Crippen molar-refractivity contribution in [1.29, 1.82) is 0 Å². The molecule has 27 heavy (non-hydrogen) atoms. The molecule has 0 heterocycles. The molecule has 2 rings (SSSR count). The Morgan fingerprint density at radius 2 is 1.37 bits per heavy atom. The van der Waals surface area contributed by atoms with E-state index in [0.29, 0.717) is 24.5 Å². The molecule has 0 aromatic heterocycles. The van der Waals surface area contributed by atoms with Crippen LogP contribution < -0.4 is 10.1 Å². The molecule has 148 valence electrons. The zero-order valence-corrected chi connectivity index (χ0v) is 17.4. The van der Waals surface area contributed by atoms with Gasteiger partial charge in [-0.25, -0.2) is 8.42 Å². The Bertz CT molecular complexity index is 796. The first kappa shape index (κ1) is 21.4. The van der Waals surface area contributed by atoms with Crippen molar-refractivity contribution in [2.75, 3.05) is 13.1 Å². The molecule has 0 bridgehead atoms. The van der Waals surface area contributed by atoms with E-state index in [4.69, 9.17) is 4.74 Å². The molecule has 0 amide bonds. The largest absolute Gasteiger partial charge is 0.491 e.